The van der Waals surface area contributed by atoms with Crippen LogP contribution in [0.5, 0.6) is 0 Å². The predicted molar refractivity (Wildman–Crippen MR) is 113 cm³/mol. The second-order valence-corrected chi connectivity index (χ2v) is 7.14. The minimum absolute atomic E-state index is 0.000576. The summed E-state index contributed by atoms with van der Waals surface area (Å²) in [6.07, 6.45) is 0.518. The molecule has 154 valence electrons. The molecule has 0 aliphatic carbocycles. The van der Waals surface area contributed by atoms with Crippen LogP contribution in [0.1, 0.15) is 33.6 Å². The molecule has 1 heterocycles. The van der Waals surface area contributed by atoms with Gasteiger partial charge < -0.3 is 21.1 Å². The van der Waals surface area contributed by atoms with Crippen LogP contribution in [-0.4, -0.2) is 27.5 Å². The molecular formula is C23H23N3O4. The number of carbonyl (C=O) groups is 3. The van der Waals surface area contributed by atoms with Gasteiger partial charge in [0.2, 0.25) is 11.8 Å². The van der Waals surface area contributed by atoms with Crippen molar-refractivity contribution in [1.29, 1.82) is 0 Å². The molecule has 5 N–H and O–H groups in total. The minimum atomic E-state index is -0.874. The number of carboxylic acid groups (broad SMARTS) is 1. The predicted octanol–water partition coefficient (Wildman–Crippen LogP) is 2.60. The van der Waals surface area contributed by atoms with E-state index in [0.29, 0.717) is 12.0 Å². The normalized spacial score (nSPS) is 10.7. The van der Waals surface area contributed by atoms with E-state index in [-0.39, 0.29) is 12.8 Å². The van der Waals surface area contributed by atoms with Gasteiger partial charge in [-0.05, 0) is 60.4 Å². The van der Waals surface area contributed by atoms with Gasteiger partial charge in [-0.25, -0.2) is 0 Å². The second-order valence-electron chi connectivity index (χ2n) is 7.14. The molecule has 2 amide bonds. The lowest BCUT2D eigenvalue weighted by Gasteiger charge is -2.17. The molecule has 0 saturated heterocycles. The Morgan fingerprint density at radius 3 is 2.23 bits per heavy atom. The van der Waals surface area contributed by atoms with E-state index in [9.17, 15) is 14.4 Å². The van der Waals surface area contributed by atoms with E-state index in [2.05, 4.69) is 0 Å². The van der Waals surface area contributed by atoms with Crippen molar-refractivity contribution in [2.45, 2.75) is 26.2 Å². The summed E-state index contributed by atoms with van der Waals surface area (Å²) in [7, 11) is 0. The third kappa shape index (κ3) is 4.57. The number of nitrogens with two attached hydrogens (primary N) is 2. The number of aromatic nitrogens is 1. The smallest absolute Gasteiger partial charge is 0.303 e. The van der Waals surface area contributed by atoms with Crippen LogP contribution in [0.25, 0.3) is 16.9 Å². The maximum Gasteiger partial charge on any atom is 0.303 e. The van der Waals surface area contributed by atoms with Gasteiger partial charge in [-0.15, -0.1) is 0 Å². The van der Waals surface area contributed by atoms with Gasteiger partial charge in [-0.1, -0.05) is 24.3 Å². The molecule has 0 saturated carbocycles. The Kier molecular flexibility index (Phi) is 6.01. The molecule has 0 bridgehead atoms. The zero-order valence-electron chi connectivity index (χ0n) is 16.6. The Labute approximate surface area is 173 Å². The first-order chi connectivity index (χ1) is 14.3. The summed E-state index contributed by atoms with van der Waals surface area (Å²) >= 11 is 0. The van der Waals surface area contributed by atoms with Crippen LogP contribution >= 0.6 is 0 Å². The number of benzene rings is 2. The van der Waals surface area contributed by atoms with Crippen molar-refractivity contribution < 1.29 is 19.5 Å². The van der Waals surface area contributed by atoms with Crippen LogP contribution in [-0.2, 0) is 22.4 Å². The number of primary amides is 2. The first-order valence-corrected chi connectivity index (χ1v) is 9.47. The van der Waals surface area contributed by atoms with E-state index < -0.39 is 17.8 Å². The second kappa shape index (κ2) is 8.65. The number of rotatable bonds is 8. The van der Waals surface area contributed by atoms with Crippen LogP contribution in [0.4, 0.5) is 0 Å². The summed E-state index contributed by atoms with van der Waals surface area (Å²) in [5.74, 6) is -1.78. The molecule has 0 aliphatic rings. The average Bonchev–Trinajstić information content (AvgIpc) is 3.10. The van der Waals surface area contributed by atoms with E-state index in [1.54, 1.807) is 12.1 Å². The van der Waals surface area contributed by atoms with E-state index >= 15 is 0 Å². The fraction of sp³-hybridized carbons (Fsp3) is 0.174. The highest BCUT2D eigenvalue weighted by molar-refractivity contribution is 5.93. The Morgan fingerprint density at radius 2 is 1.67 bits per heavy atom. The molecule has 0 spiro atoms. The number of carbonyl (C=O) groups excluding carboxylic acids is 2. The third-order valence-corrected chi connectivity index (χ3v) is 4.91. The van der Waals surface area contributed by atoms with Crippen molar-refractivity contribution in [2.24, 2.45) is 11.5 Å². The molecule has 7 nitrogen and oxygen atoms in total. The highest BCUT2D eigenvalue weighted by atomic mass is 16.4. The Balaban J connectivity index is 2.09. The summed E-state index contributed by atoms with van der Waals surface area (Å²) in [6, 6.07) is 16.5. The van der Waals surface area contributed by atoms with Crippen molar-refractivity contribution >= 4 is 17.8 Å². The molecular weight excluding hydrogens is 382 g/mol. The molecule has 1 aromatic heterocycles. The van der Waals surface area contributed by atoms with E-state index in [0.717, 1.165) is 33.8 Å². The van der Waals surface area contributed by atoms with Crippen LogP contribution in [0.2, 0.25) is 0 Å². The SMILES string of the molecule is Cc1cc(C(N)=O)ccc1-n1c(CCC(=O)O)ccc1-c1ccc(CC(N)=O)cc1. The van der Waals surface area contributed by atoms with Gasteiger partial charge in [-0.2, -0.15) is 0 Å². The number of aryl methyl sites for hydroxylation is 2. The zero-order valence-corrected chi connectivity index (χ0v) is 16.6. The third-order valence-electron chi connectivity index (χ3n) is 4.91. The first kappa shape index (κ1) is 20.9. The van der Waals surface area contributed by atoms with Crippen LogP contribution in [0.3, 0.4) is 0 Å². The Hall–Kier alpha value is -3.87. The highest BCUT2D eigenvalue weighted by Gasteiger charge is 2.16. The number of aliphatic carboxylic acids is 1. The van der Waals surface area contributed by atoms with Crippen molar-refractivity contribution in [1.82, 2.24) is 4.57 Å². The molecule has 3 aromatic rings. The minimum Gasteiger partial charge on any atom is -0.481 e. The number of hydrogen-bond acceptors (Lipinski definition) is 3. The van der Waals surface area contributed by atoms with Crippen LogP contribution in [0.15, 0.2) is 54.6 Å². The maximum atomic E-state index is 11.5. The van der Waals surface area contributed by atoms with Crippen molar-refractivity contribution in [2.75, 3.05) is 0 Å². The molecule has 30 heavy (non-hydrogen) atoms. The molecule has 0 atom stereocenters. The van der Waals surface area contributed by atoms with Crippen molar-refractivity contribution in [3.63, 3.8) is 0 Å². The fourth-order valence-corrected chi connectivity index (χ4v) is 3.47. The van der Waals surface area contributed by atoms with Gasteiger partial charge in [0.1, 0.15) is 0 Å². The van der Waals surface area contributed by atoms with Crippen molar-refractivity contribution in [3.05, 3.63) is 77.0 Å². The van der Waals surface area contributed by atoms with E-state index in [1.165, 1.54) is 0 Å². The zero-order chi connectivity index (χ0) is 21.8. The summed E-state index contributed by atoms with van der Waals surface area (Å²) in [4.78, 5) is 33.8. The number of carboxylic acids is 1. The lowest BCUT2D eigenvalue weighted by Crippen LogP contribution is -2.13. The Morgan fingerprint density at radius 1 is 0.967 bits per heavy atom. The maximum absolute atomic E-state index is 11.5. The van der Waals surface area contributed by atoms with Gasteiger partial charge >= 0.3 is 5.97 Å². The van der Waals surface area contributed by atoms with Crippen molar-refractivity contribution in [3.8, 4) is 16.9 Å². The lowest BCUT2D eigenvalue weighted by molar-refractivity contribution is -0.137. The molecule has 2 aromatic carbocycles. The molecule has 0 fully saturated rings. The van der Waals surface area contributed by atoms with Crippen LogP contribution < -0.4 is 11.5 Å². The standard InChI is InChI=1S/C23H23N3O4/c1-14-12-17(23(25)30)6-9-19(14)26-18(8-11-22(28)29)7-10-20(26)16-4-2-15(3-5-16)13-21(24)27/h2-7,9-10,12H,8,11,13H2,1H3,(H2,24,27)(H2,25,30)(H,28,29). The monoisotopic (exact) mass is 405 g/mol. The summed E-state index contributed by atoms with van der Waals surface area (Å²) < 4.78 is 1.99. The first-order valence-electron chi connectivity index (χ1n) is 9.47. The number of amides is 2. The topological polar surface area (TPSA) is 128 Å². The summed E-state index contributed by atoms with van der Waals surface area (Å²) in [5, 5.41) is 9.12. The molecule has 7 heteroatoms. The highest BCUT2D eigenvalue weighted by Crippen LogP contribution is 2.30. The quantitative estimate of drug-likeness (QED) is 0.532. The van der Waals surface area contributed by atoms with Crippen LogP contribution in [0, 0.1) is 6.92 Å². The lowest BCUT2D eigenvalue weighted by atomic mass is 10.1. The van der Waals surface area contributed by atoms with E-state index in [4.69, 9.17) is 16.6 Å². The fourth-order valence-electron chi connectivity index (χ4n) is 3.47. The average molecular weight is 405 g/mol. The molecule has 0 aliphatic heterocycles. The van der Waals surface area contributed by atoms with Gasteiger partial charge in [0.25, 0.3) is 0 Å². The summed E-state index contributed by atoms with van der Waals surface area (Å²) in [5.41, 5.74) is 16.2. The Bertz CT molecular complexity index is 1110. The molecule has 0 radical (unpaired) electrons. The molecule has 3 rings (SSSR count). The van der Waals surface area contributed by atoms with Gasteiger partial charge in [0.15, 0.2) is 0 Å². The van der Waals surface area contributed by atoms with Gasteiger partial charge in [0.05, 0.1) is 18.5 Å². The van der Waals surface area contributed by atoms with E-state index in [1.807, 2.05) is 54.0 Å². The molecule has 0 unspecified atom stereocenters. The van der Waals surface area contributed by atoms with Gasteiger partial charge in [-0.3, -0.25) is 14.4 Å². The van der Waals surface area contributed by atoms with Gasteiger partial charge in [0, 0.05) is 16.9 Å². The number of hydrogen-bond donors (Lipinski definition) is 3. The number of nitrogens with zero attached hydrogens (tertiary/aromatic N) is 1. The summed E-state index contributed by atoms with van der Waals surface area (Å²) in [6.45, 7) is 1.88. The largest absolute Gasteiger partial charge is 0.481 e.